The third-order valence-corrected chi connectivity index (χ3v) is 10.2. The van der Waals surface area contributed by atoms with Crippen LogP contribution in [0.25, 0.3) is 0 Å². The summed E-state index contributed by atoms with van der Waals surface area (Å²) in [5, 5.41) is 13.1. The molecule has 0 saturated carbocycles. The van der Waals surface area contributed by atoms with Gasteiger partial charge in [0.1, 0.15) is 36.9 Å². The van der Waals surface area contributed by atoms with Gasteiger partial charge >= 0.3 is 35.8 Å². The quantitative estimate of drug-likeness (QED) is 0.0282. The molecule has 0 spiro atoms. The van der Waals surface area contributed by atoms with Crippen molar-refractivity contribution in [1.29, 1.82) is 0 Å². The summed E-state index contributed by atoms with van der Waals surface area (Å²) in [6.45, 7) is 9.64. The van der Waals surface area contributed by atoms with Gasteiger partial charge in [-0.25, -0.2) is 0 Å². The van der Waals surface area contributed by atoms with Gasteiger partial charge in [-0.3, -0.25) is 52.7 Å². The maximum absolute atomic E-state index is 13.1. The van der Waals surface area contributed by atoms with Gasteiger partial charge in [0, 0.05) is 81.3 Å². The first-order valence-electron chi connectivity index (χ1n) is 23.5. The van der Waals surface area contributed by atoms with Crippen molar-refractivity contribution in [2.45, 2.75) is 143 Å². The van der Waals surface area contributed by atoms with Crippen LogP contribution < -0.4 is 26.6 Å². The molecule has 0 bridgehead atoms. The van der Waals surface area contributed by atoms with Crippen LogP contribution in [0.4, 0.5) is 0 Å². The highest BCUT2D eigenvalue weighted by Crippen LogP contribution is 2.29. The molecule has 0 aliphatic carbocycles. The highest BCUT2D eigenvalue weighted by molar-refractivity contribution is 5.88. The summed E-state index contributed by atoms with van der Waals surface area (Å²) >= 11 is 0. The van der Waals surface area contributed by atoms with Crippen LogP contribution in [0.5, 0.6) is 0 Å². The number of nitrogens with one attached hydrogen (secondary N) is 5. The second kappa shape index (κ2) is 33.6. The molecule has 5 amide bonds. The van der Waals surface area contributed by atoms with Gasteiger partial charge in [-0.05, 0) is 6.42 Å². The zero-order chi connectivity index (χ0) is 54.6. The molecule has 73 heavy (non-hydrogen) atoms. The molecule has 11 atom stereocenters. The highest BCUT2D eigenvalue weighted by atomic mass is 16.7. The van der Waals surface area contributed by atoms with E-state index in [0.29, 0.717) is 0 Å². The zero-order valence-corrected chi connectivity index (χ0v) is 42.6. The summed E-state index contributed by atoms with van der Waals surface area (Å²) in [5.74, 6) is -7.68. The van der Waals surface area contributed by atoms with E-state index in [0.717, 1.165) is 34.6 Å². The maximum Gasteiger partial charge on any atom is 0.303 e. The van der Waals surface area contributed by atoms with E-state index in [1.54, 1.807) is 6.92 Å². The summed E-state index contributed by atoms with van der Waals surface area (Å²) in [6.07, 6.45) is -8.96. The SMILES string of the molecule is CCC(=O)NC(CCC(=O)NCCOCCOC1OC(COC(C)=O)C(OC(C)=O)C(OC(C)=O)C1NC(C)=O)C(=O)NCCOCCOC1OCC(COC(C)=O)C(OC(C)=O)C(OC(C)=O)C1NC(C)=O. The molecule has 0 aromatic heterocycles. The Morgan fingerprint density at radius 1 is 0.534 bits per heavy atom. The molecule has 0 radical (unpaired) electrons. The van der Waals surface area contributed by atoms with E-state index in [9.17, 15) is 52.7 Å². The number of ether oxygens (including phenoxy) is 12. The molecule has 0 aromatic carbocycles. The summed E-state index contributed by atoms with van der Waals surface area (Å²) in [5.41, 5.74) is 0. The van der Waals surface area contributed by atoms with Crippen LogP contribution >= 0.6 is 0 Å². The molecule has 2 fully saturated rings. The van der Waals surface area contributed by atoms with Gasteiger partial charge in [-0.2, -0.15) is 0 Å². The average Bonchev–Trinajstić information content (AvgIpc) is 3.41. The molecule has 2 rings (SSSR count). The van der Waals surface area contributed by atoms with Gasteiger partial charge in [0.2, 0.25) is 29.5 Å². The molecule has 2 aliphatic rings. The van der Waals surface area contributed by atoms with Crippen LogP contribution in [0.1, 0.15) is 81.6 Å². The predicted octanol–water partition coefficient (Wildman–Crippen LogP) is -2.48. The summed E-state index contributed by atoms with van der Waals surface area (Å²) in [4.78, 5) is 134. The third kappa shape index (κ3) is 24.9. The van der Waals surface area contributed by atoms with Crippen molar-refractivity contribution in [3.05, 3.63) is 0 Å². The standard InChI is InChI=1S/C45H71N5O23/c1-10-35(59)50-33(43(61)47-14-16-63-17-19-64-44-37(48-24(2)51)41(71-30(8)57)39(69-28(6)55)32(22-68-44)21-66-26(4)53)11-12-36(60)46-13-15-62-18-20-65-45-38(49-25(3)52)42(72-31(9)58)40(70-29(7)56)34(73-45)23-67-27(5)54/h32-34,37-42,44-45H,10-23H2,1-9H3,(H,46,60)(H,47,61)(H,48,51)(H,49,52)(H,50,59). The van der Waals surface area contributed by atoms with Crippen LogP contribution in [0.3, 0.4) is 0 Å². The fourth-order valence-electron chi connectivity index (χ4n) is 7.28. The van der Waals surface area contributed by atoms with E-state index in [4.69, 9.17) is 56.8 Å². The molecule has 0 aromatic rings. The highest BCUT2D eigenvalue weighted by Gasteiger charge is 2.52. The second-order valence-electron chi connectivity index (χ2n) is 16.5. The zero-order valence-electron chi connectivity index (χ0n) is 42.6. The monoisotopic (exact) mass is 1050 g/mol. The van der Waals surface area contributed by atoms with Gasteiger partial charge in [0.25, 0.3) is 0 Å². The Morgan fingerprint density at radius 3 is 1.53 bits per heavy atom. The van der Waals surface area contributed by atoms with Crippen LogP contribution in [-0.2, 0) is 110 Å². The lowest BCUT2D eigenvalue weighted by Gasteiger charge is -2.44. The Bertz CT molecular complexity index is 1870. The molecule has 11 unspecified atom stereocenters. The van der Waals surface area contributed by atoms with E-state index in [1.807, 2.05) is 0 Å². The van der Waals surface area contributed by atoms with Gasteiger partial charge in [0.05, 0.1) is 58.8 Å². The molecule has 5 N–H and O–H groups in total. The first-order valence-corrected chi connectivity index (χ1v) is 23.5. The molecule has 28 nitrogen and oxygen atoms in total. The van der Waals surface area contributed by atoms with Crippen molar-refractivity contribution in [3.8, 4) is 0 Å². The largest absolute Gasteiger partial charge is 0.465 e. The third-order valence-electron chi connectivity index (χ3n) is 10.2. The van der Waals surface area contributed by atoms with Crippen molar-refractivity contribution in [3.63, 3.8) is 0 Å². The van der Waals surface area contributed by atoms with E-state index < -0.39 is 139 Å². The van der Waals surface area contributed by atoms with Gasteiger partial charge < -0.3 is 83.4 Å². The lowest BCUT2D eigenvalue weighted by Crippen LogP contribution is -2.66. The maximum atomic E-state index is 13.1. The fraction of sp³-hybridized carbons (Fsp3) is 0.756. The Kier molecular flexibility index (Phi) is 29.0. The van der Waals surface area contributed by atoms with Crippen LogP contribution in [-0.4, -0.2) is 199 Å². The Morgan fingerprint density at radius 2 is 1.01 bits per heavy atom. The molecular formula is C45H71N5O23. The number of esters is 6. The summed E-state index contributed by atoms with van der Waals surface area (Å²) in [6, 6.07) is -3.42. The van der Waals surface area contributed by atoms with Crippen LogP contribution in [0.15, 0.2) is 0 Å². The molecule has 2 saturated heterocycles. The molecule has 2 aliphatic heterocycles. The predicted molar refractivity (Wildman–Crippen MR) is 244 cm³/mol. The number of amides is 5. The average molecular weight is 1050 g/mol. The Hall–Kier alpha value is -6.07. The van der Waals surface area contributed by atoms with Crippen LogP contribution in [0, 0.1) is 5.92 Å². The summed E-state index contributed by atoms with van der Waals surface area (Å²) in [7, 11) is 0. The lowest BCUT2D eigenvalue weighted by molar-refractivity contribution is -0.279. The fourth-order valence-corrected chi connectivity index (χ4v) is 7.28. The summed E-state index contributed by atoms with van der Waals surface area (Å²) < 4.78 is 66.8. The Labute approximate surface area is 422 Å². The second-order valence-corrected chi connectivity index (χ2v) is 16.5. The minimum atomic E-state index is -1.32. The topological polar surface area (TPSA) is 359 Å². The van der Waals surface area contributed by atoms with Gasteiger partial charge in [-0.15, -0.1) is 0 Å². The van der Waals surface area contributed by atoms with Gasteiger partial charge in [-0.1, -0.05) is 6.92 Å². The van der Waals surface area contributed by atoms with Crippen molar-refractivity contribution in [2.75, 3.05) is 72.6 Å². The minimum Gasteiger partial charge on any atom is -0.465 e. The number of carbonyl (C=O) groups is 11. The smallest absolute Gasteiger partial charge is 0.303 e. The molecule has 414 valence electrons. The number of hydrogen-bond acceptors (Lipinski definition) is 23. The van der Waals surface area contributed by atoms with Crippen molar-refractivity contribution in [2.24, 2.45) is 5.92 Å². The lowest BCUT2D eigenvalue weighted by atomic mass is 9.95. The first kappa shape index (κ1) is 63.0. The van der Waals surface area contributed by atoms with E-state index in [1.165, 1.54) is 20.8 Å². The first-order chi connectivity index (χ1) is 34.5. The molecule has 28 heteroatoms. The van der Waals surface area contributed by atoms with E-state index in [2.05, 4.69) is 26.6 Å². The van der Waals surface area contributed by atoms with Crippen molar-refractivity contribution < 1.29 is 110 Å². The van der Waals surface area contributed by atoms with Crippen LogP contribution in [0.2, 0.25) is 0 Å². The Balaban J connectivity index is 1.88. The molecule has 2 heterocycles. The minimum absolute atomic E-state index is 0.00729. The van der Waals surface area contributed by atoms with Crippen molar-refractivity contribution >= 4 is 65.4 Å². The number of hydrogen-bond donors (Lipinski definition) is 5. The number of carbonyl (C=O) groups excluding carboxylic acids is 11. The number of rotatable bonds is 30. The molecular weight excluding hydrogens is 979 g/mol. The van der Waals surface area contributed by atoms with E-state index in [-0.39, 0.29) is 85.2 Å². The van der Waals surface area contributed by atoms with E-state index >= 15 is 0 Å². The van der Waals surface area contributed by atoms with Gasteiger partial charge in [0.15, 0.2) is 30.9 Å². The normalized spacial score (nSPS) is 23.9. The van der Waals surface area contributed by atoms with Crippen molar-refractivity contribution in [1.82, 2.24) is 26.6 Å².